The van der Waals surface area contributed by atoms with Gasteiger partial charge in [-0.15, -0.1) is 0 Å². The summed E-state index contributed by atoms with van der Waals surface area (Å²) in [6.07, 6.45) is 4.73. The number of nitrogens with zero attached hydrogens (tertiary/aromatic N) is 2. The molecule has 1 amide bonds. The minimum atomic E-state index is -0.574. The Labute approximate surface area is 207 Å². The summed E-state index contributed by atoms with van der Waals surface area (Å²) in [6, 6.07) is 9.65. The zero-order chi connectivity index (χ0) is 24.2. The number of piperidine rings is 1. The Morgan fingerprint density at radius 3 is 2.53 bits per heavy atom. The van der Waals surface area contributed by atoms with Gasteiger partial charge in [0, 0.05) is 46.5 Å². The van der Waals surface area contributed by atoms with Crippen molar-refractivity contribution in [3.63, 3.8) is 0 Å². The van der Waals surface area contributed by atoms with Crippen LogP contribution < -0.4 is 10.2 Å². The Kier molecular flexibility index (Phi) is 7.81. The molecule has 1 atom stereocenters. The van der Waals surface area contributed by atoms with Crippen LogP contribution in [0.1, 0.15) is 66.4 Å². The van der Waals surface area contributed by atoms with Crippen LogP contribution in [0.25, 0.3) is 10.9 Å². The van der Waals surface area contributed by atoms with Gasteiger partial charge in [-0.05, 0) is 62.9 Å². The molecule has 1 N–H and O–H groups in total. The van der Waals surface area contributed by atoms with Crippen molar-refractivity contribution >= 4 is 38.6 Å². The number of hydrogen-bond acceptors (Lipinski definition) is 3. The van der Waals surface area contributed by atoms with Gasteiger partial charge in [-0.1, -0.05) is 35.3 Å². The highest BCUT2D eigenvalue weighted by molar-refractivity contribution is 9.10. The summed E-state index contributed by atoms with van der Waals surface area (Å²) < 4.78 is 29.8. The van der Waals surface area contributed by atoms with E-state index in [1.807, 2.05) is 32.0 Å². The van der Waals surface area contributed by atoms with Crippen molar-refractivity contribution in [1.82, 2.24) is 10.3 Å². The second-order valence-electron chi connectivity index (χ2n) is 8.98. The van der Waals surface area contributed by atoms with E-state index in [0.717, 1.165) is 59.1 Å². The number of fused-ring (bicyclic) bond motifs is 1. The van der Waals surface area contributed by atoms with Crippen LogP contribution >= 0.6 is 15.9 Å². The van der Waals surface area contributed by atoms with Gasteiger partial charge in [0.05, 0.1) is 11.1 Å². The van der Waals surface area contributed by atoms with Crippen LogP contribution in [-0.2, 0) is 0 Å². The fourth-order valence-electron chi connectivity index (χ4n) is 4.93. The van der Waals surface area contributed by atoms with Crippen LogP contribution in [0.15, 0.2) is 40.9 Å². The van der Waals surface area contributed by atoms with Gasteiger partial charge in [-0.2, -0.15) is 0 Å². The highest BCUT2D eigenvalue weighted by Crippen LogP contribution is 2.32. The van der Waals surface area contributed by atoms with E-state index in [1.54, 1.807) is 0 Å². The lowest BCUT2D eigenvalue weighted by Gasteiger charge is -2.30. The van der Waals surface area contributed by atoms with Crippen molar-refractivity contribution in [3.05, 3.63) is 69.2 Å². The molecule has 1 unspecified atom stereocenters. The van der Waals surface area contributed by atoms with Crippen LogP contribution in [0.2, 0.25) is 0 Å². The molecule has 7 heteroatoms. The summed E-state index contributed by atoms with van der Waals surface area (Å²) in [5.41, 5.74) is 2.19. The minimum Gasteiger partial charge on any atom is -0.356 e. The largest absolute Gasteiger partial charge is 0.356 e. The van der Waals surface area contributed by atoms with Gasteiger partial charge in [0.2, 0.25) is 0 Å². The highest BCUT2D eigenvalue weighted by atomic mass is 79.9. The summed E-state index contributed by atoms with van der Waals surface area (Å²) in [5, 5.41) is 3.74. The average Bonchev–Trinajstić information content (AvgIpc) is 2.82. The first-order valence-electron chi connectivity index (χ1n) is 12.0. The van der Waals surface area contributed by atoms with Gasteiger partial charge in [0.25, 0.3) is 5.91 Å². The molecule has 0 radical (unpaired) electrons. The number of amides is 1. The van der Waals surface area contributed by atoms with Gasteiger partial charge >= 0.3 is 0 Å². The third kappa shape index (κ3) is 5.09. The van der Waals surface area contributed by atoms with Crippen LogP contribution in [0.5, 0.6) is 0 Å². The van der Waals surface area contributed by atoms with Crippen molar-refractivity contribution in [1.29, 1.82) is 0 Å². The van der Waals surface area contributed by atoms with Crippen molar-refractivity contribution in [2.24, 2.45) is 0 Å². The predicted octanol–water partition coefficient (Wildman–Crippen LogP) is 6.89. The van der Waals surface area contributed by atoms with Crippen LogP contribution in [0, 0.1) is 18.6 Å². The van der Waals surface area contributed by atoms with Crippen molar-refractivity contribution < 1.29 is 13.6 Å². The third-order valence-corrected chi connectivity index (χ3v) is 7.09. The molecule has 1 aliphatic heterocycles. The minimum absolute atomic E-state index is 0.0395. The van der Waals surface area contributed by atoms with Crippen molar-refractivity contribution in [3.8, 4) is 0 Å². The van der Waals surface area contributed by atoms with E-state index < -0.39 is 17.6 Å². The molecule has 0 saturated carbocycles. The zero-order valence-electron chi connectivity index (χ0n) is 19.6. The average molecular weight is 530 g/mol. The summed E-state index contributed by atoms with van der Waals surface area (Å²) >= 11 is 3.51. The maximum atomic E-state index is 14.5. The smallest absolute Gasteiger partial charge is 0.252 e. The molecule has 0 spiro atoms. The monoisotopic (exact) mass is 529 g/mol. The normalized spacial score (nSPS) is 14.9. The lowest BCUT2D eigenvalue weighted by Crippen LogP contribution is -2.33. The first kappa shape index (κ1) is 24.6. The number of carbonyl (C=O) groups excluding carboxylic acids is 1. The Bertz CT molecular complexity index is 1170. The number of nitrogens with one attached hydrogen (secondary N) is 1. The van der Waals surface area contributed by atoms with E-state index >= 15 is 0 Å². The number of halogens is 3. The summed E-state index contributed by atoms with van der Waals surface area (Å²) in [5.74, 6) is -1.01. The van der Waals surface area contributed by atoms with Crippen molar-refractivity contribution in [2.45, 2.75) is 51.9 Å². The first-order chi connectivity index (χ1) is 16.4. The summed E-state index contributed by atoms with van der Waals surface area (Å²) in [6.45, 7) is 5.90. The fourth-order valence-corrected chi connectivity index (χ4v) is 5.29. The van der Waals surface area contributed by atoms with Gasteiger partial charge in [-0.25, -0.2) is 13.8 Å². The second kappa shape index (κ2) is 10.8. The van der Waals surface area contributed by atoms with Gasteiger partial charge in [-0.3, -0.25) is 4.79 Å². The van der Waals surface area contributed by atoms with E-state index in [0.29, 0.717) is 12.0 Å². The quantitative estimate of drug-likeness (QED) is 0.362. The number of anilines is 1. The number of hydrogen-bond donors (Lipinski definition) is 1. The van der Waals surface area contributed by atoms with E-state index in [-0.39, 0.29) is 18.0 Å². The zero-order valence-corrected chi connectivity index (χ0v) is 21.2. The lowest BCUT2D eigenvalue weighted by molar-refractivity contribution is 0.0951. The molecule has 4 nitrogen and oxygen atoms in total. The predicted molar refractivity (Wildman–Crippen MR) is 137 cm³/mol. The van der Waals surface area contributed by atoms with E-state index in [9.17, 15) is 13.6 Å². The van der Waals surface area contributed by atoms with E-state index in [4.69, 9.17) is 4.98 Å². The number of aromatic nitrogens is 1. The number of pyridine rings is 1. The van der Waals surface area contributed by atoms with Crippen LogP contribution in [0.4, 0.5) is 14.6 Å². The molecule has 0 aliphatic carbocycles. The molecule has 34 heavy (non-hydrogen) atoms. The first-order valence-corrected chi connectivity index (χ1v) is 12.8. The molecule has 180 valence electrons. The number of rotatable bonds is 7. The topological polar surface area (TPSA) is 45.2 Å². The second-order valence-corrected chi connectivity index (χ2v) is 9.89. The molecule has 2 aromatic carbocycles. The van der Waals surface area contributed by atoms with Crippen molar-refractivity contribution in [2.75, 3.05) is 24.5 Å². The molecule has 4 rings (SSSR count). The fraction of sp³-hybridized carbons (Fsp3) is 0.407. The molecular weight excluding hydrogens is 500 g/mol. The third-order valence-electron chi connectivity index (χ3n) is 6.60. The molecule has 2 heterocycles. The Morgan fingerprint density at radius 1 is 1.15 bits per heavy atom. The van der Waals surface area contributed by atoms with Gasteiger partial charge in [0.15, 0.2) is 0 Å². The number of carbonyl (C=O) groups is 1. The maximum absolute atomic E-state index is 14.5. The van der Waals surface area contributed by atoms with E-state index in [2.05, 4.69) is 26.1 Å². The molecule has 1 fully saturated rings. The number of benzene rings is 2. The Morgan fingerprint density at radius 2 is 1.85 bits per heavy atom. The molecule has 0 bridgehead atoms. The van der Waals surface area contributed by atoms with Gasteiger partial charge in [0.1, 0.15) is 17.5 Å². The van der Waals surface area contributed by atoms with Crippen LogP contribution in [0.3, 0.4) is 0 Å². The maximum Gasteiger partial charge on any atom is 0.252 e. The SMILES string of the molecule is CCCC(CNC(=O)c1c(C)c(N2CCCCC2)nc2ccc(Br)cc12)c1c(F)cccc1F. The highest BCUT2D eigenvalue weighted by Gasteiger charge is 2.25. The summed E-state index contributed by atoms with van der Waals surface area (Å²) in [4.78, 5) is 20.7. The molecule has 1 aromatic heterocycles. The molecular formula is C27H30BrF2N3O. The lowest BCUT2D eigenvalue weighted by atomic mass is 9.93. The Hall–Kier alpha value is -2.54. The molecule has 1 aliphatic rings. The van der Waals surface area contributed by atoms with Gasteiger partial charge < -0.3 is 10.2 Å². The molecule has 1 saturated heterocycles. The molecule has 3 aromatic rings. The van der Waals surface area contributed by atoms with Crippen LogP contribution in [-0.4, -0.2) is 30.5 Å². The summed E-state index contributed by atoms with van der Waals surface area (Å²) in [7, 11) is 0. The Balaban J connectivity index is 1.69. The van der Waals surface area contributed by atoms with E-state index in [1.165, 1.54) is 24.6 Å². The standard InChI is InChI=1S/C27H30BrF2N3O/c1-3-8-18(25-21(29)9-7-10-22(25)30)16-31-27(34)24-17(2)26(33-13-5-4-6-14-33)32-23-12-11-19(28)15-20(23)24/h7,9-12,15,18H,3-6,8,13-14,16H2,1-2H3,(H,31,34).